The Morgan fingerprint density at radius 2 is 2.05 bits per heavy atom. The third-order valence-electron chi connectivity index (χ3n) is 5.29. The Morgan fingerprint density at radius 1 is 1.33 bits per heavy atom. The molecule has 2 heterocycles. The molecule has 2 saturated carbocycles. The van der Waals surface area contributed by atoms with E-state index in [0.717, 1.165) is 29.9 Å². The second-order valence-corrected chi connectivity index (χ2v) is 8.20. The summed E-state index contributed by atoms with van der Waals surface area (Å²) in [6, 6.07) is 0.269. The van der Waals surface area contributed by atoms with Crippen LogP contribution in [0.5, 0.6) is 0 Å². The highest BCUT2D eigenvalue weighted by Gasteiger charge is 2.40. The molecule has 4 rings (SSSR count). The lowest BCUT2D eigenvalue weighted by Crippen LogP contribution is -2.41. The Bertz CT molecular complexity index is 527. The van der Waals surface area contributed by atoms with Crippen molar-refractivity contribution < 1.29 is 4.79 Å². The highest BCUT2D eigenvalue weighted by Crippen LogP contribution is 2.43. The van der Waals surface area contributed by atoms with Gasteiger partial charge in [-0.25, -0.2) is 9.78 Å². The molecule has 0 aromatic carbocycles. The largest absolute Gasteiger partial charge is 0.328 e. The fraction of sp³-hybridized carbons (Fsp3) is 0.750. The van der Waals surface area contributed by atoms with Gasteiger partial charge < -0.3 is 10.2 Å². The number of rotatable bonds is 3. The smallest absolute Gasteiger partial charge is 0.317 e. The Labute approximate surface area is 129 Å². The lowest BCUT2D eigenvalue weighted by atomic mass is 10.0. The molecule has 3 atom stereocenters. The van der Waals surface area contributed by atoms with Gasteiger partial charge in [-0.3, -0.25) is 0 Å². The van der Waals surface area contributed by atoms with E-state index in [1.54, 1.807) is 11.3 Å². The maximum atomic E-state index is 12.6. The first-order chi connectivity index (χ1) is 10.2. The van der Waals surface area contributed by atoms with Gasteiger partial charge in [-0.1, -0.05) is 6.42 Å². The van der Waals surface area contributed by atoms with Crippen molar-refractivity contribution in [2.45, 2.75) is 45.1 Å². The molecule has 2 aliphatic carbocycles. The molecule has 0 spiro atoms. The van der Waals surface area contributed by atoms with Gasteiger partial charge in [0.05, 0.1) is 6.04 Å². The number of nitrogens with one attached hydrogen (secondary N) is 1. The molecule has 1 aromatic heterocycles. The second kappa shape index (κ2) is 5.27. The second-order valence-electron chi connectivity index (χ2n) is 6.93. The molecule has 2 amide bonds. The van der Waals surface area contributed by atoms with Crippen LogP contribution in [0.4, 0.5) is 4.79 Å². The minimum Gasteiger partial charge on any atom is -0.328 e. The highest BCUT2D eigenvalue weighted by atomic mass is 32.1. The summed E-state index contributed by atoms with van der Waals surface area (Å²) in [6.07, 6.45) is 8.33. The van der Waals surface area contributed by atoms with Gasteiger partial charge in [0.15, 0.2) is 0 Å². The number of likely N-dealkylation sites (tertiary alicyclic amines) is 1. The predicted octanol–water partition coefficient (Wildman–Crippen LogP) is 3.34. The summed E-state index contributed by atoms with van der Waals surface area (Å²) >= 11 is 1.72. The first-order valence-corrected chi connectivity index (χ1v) is 9.00. The molecular formula is C16H23N3OS. The lowest BCUT2D eigenvalue weighted by molar-refractivity contribution is 0.199. The average molecular weight is 305 g/mol. The number of carbonyl (C=O) groups excluding carboxylic acids is 1. The molecule has 3 aliphatic rings. The monoisotopic (exact) mass is 305 g/mol. The fourth-order valence-electron chi connectivity index (χ4n) is 3.95. The van der Waals surface area contributed by atoms with Crippen LogP contribution in [-0.2, 0) is 0 Å². The number of nitrogens with zero attached hydrogens (tertiary/aromatic N) is 2. The van der Waals surface area contributed by atoms with Gasteiger partial charge in [-0.05, 0) is 50.4 Å². The first kappa shape index (κ1) is 13.6. The summed E-state index contributed by atoms with van der Waals surface area (Å²) in [5.41, 5.74) is 0. The zero-order chi connectivity index (χ0) is 14.4. The van der Waals surface area contributed by atoms with E-state index < -0.39 is 0 Å². The molecule has 3 fully saturated rings. The number of hydrogen-bond acceptors (Lipinski definition) is 3. The van der Waals surface area contributed by atoms with E-state index in [1.165, 1.54) is 37.0 Å². The SMILES string of the molecule is Cc1cnc([C@@H](NC(=O)N2C[C@H]3CCC[C@H]3C2)C2CC2)s1. The van der Waals surface area contributed by atoms with Crippen LogP contribution in [0.3, 0.4) is 0 Å². The van der Waals surface area contributed by atoms with Crippen LogP contribution in [0.15, 0.2) is 6.20 Å². The van der Waals surface area contributed by atoms with Gasteiger partial charge in [0.1, 0.15) is 5.01 Å². The first-order valence-electron chi connectivity index (χ1n) is 8.18. The topological polar surface area (TPSA) is 45.2 Å². The number of aryl methyl sites for hydroxylation is 1. The third kappa shape index (κ3) is 2.68. The summed E-state index contributed by atoms with van der Waals surface area (Å²) in [4.78, 5) is 20.4. The number of amides is 2. The van der Waals surface area contributed by atoms with Gasteiger partial charge in [0.2, 0.25) is 0 Å². The molecule has 1 aromatic rings. The van der Waals surface area contributed by atoms with E-state index in [2.05, 4.69) is 17.2 Å². The van der Waals surface area contributed by atoms with Crippen LogP contribution in [0.1, 0.15) is 48.0 Å². The van der Waals surface area contributed by atoms with Crippen LogP contribution in [-0.4, -0.2) is 29.0 Å². The number of hydrogen-bond donors (Lipinski definition) is 1. The minimum atomic E-state index is 0.133. The van der Waals surface area contributed by atoms with E-state index in [1.807, 2.05) is 11.1 Å². The van der Waals surface area contributed by atoms with Gasteiger partial charge in [0.25, 0.3) is 0 Å². The van der Waals surface area contributed by atoms with Gasteiger partial charge >= 0.3 is 6.03 Å². The zero-order valence-corrected chi connectivity index (χ0v) is 13.4. The van der Waals surface area contributed by atoms with Crippen LogP contribution in [0, 0.1) is 24.7 Å². The molecule has 1 aliphatic heterocycles. The van der Waals surface area contributed by atoms with Crippen molar-refractivity contribution in [3.05, 3.63) is 16.1 Å². The number of carbonyl (C=O) groups is 1. The molecule has 21 heavy (non-hydrogen) atoms. The number of thiazole rings is 1. The van der Waals surface area contributed by atoms with E-state index in [4.69, 9.17) is 0 Å². The van der Waals surface area contributed by atoms with Crippen LogP contribution in [0.25, 0.3) is 0 Å². The number of fused-ring (bicyclic) bond motifs is 1. The standard InChI is InChI=1S/C16H23N3OS/c1-10-7-17-15(21-10)14(11-5-6-11)18-16(20)19-8-12-3-2-4-13(12)9-19/h7,11-14H,2-6,8-9H2,1H3,(H,18,20)/t12-,13+,14-/m0/s1. The molecule has 0 unspecified atom stereocenters. The van der Waals surface area contributed by atoms with Crippen molar-refractivity contribution >= 4 is 17.4 Å². The number of urea groups is 1. The van der Waals surface area contributed by atoms with E-state index in [0.29, 0.717) is 5.92 Å². The Hall–Kier alpha value is -1.10. The van der Waals surface area contributed by atoms with Crippen LogP contribution >= 0.6 is 11.3 Å². The van der Waals surface area contributed by atoms with E-state index in [9.17, 15) is 4.79 Å². The van der Waals surface area contributed by atoms with Crippen molar-refractivity contribution in [3.8, 4) is 0 Å². The average Bonchev–Trinajstić information content (AvgIpc) is 2.85. The summed E-state index contributed by atoms with van der Waals surface area (Å²) < 4.78 is 0. The summed E-state index contributed by atoms with van der Waals surface area (Å²) in [7, 11) is 0. The molecule has 114 valence electrons. The third-order valence-corrected chi connectivity index (χ3v) is 6.29. The minimum absolute atomic E-state index is 0.133. The van der Waals surface area contributed by atoms with Gasteiger partial charge in [-0.15, -0.1) is 11.3 Å². The van der Waals surface area contributed by atoms with Crippen molar-refractivity contribution in [2.24, 2.45) is 17.8 Å². The summed E-state index contributed by atoms with van der Waals surface area (Å²) in [6.45, 7) is 4.00. The molecule has 5 heteroatoms. The zero-order valence-electron chi connectivity index (χ0n) is 12.5. The molecule has 1 N–H and O–H groups in total. The Balaban J connectivity index is 1.42. The highest BCUT2D eigenvalue weighted by molar-refractivity contribution is 7.11. The van der Waals surface area contributed by atoms with E-state index >= 15 is 0 Å². The molecule has 4 nitrogen and oxygen atoms in total. The lowest BCUT2D eigenvalue weighted by Gasteiger charge is -2.22. The Morgan fingerprint density at radius 3 is 2.62 bits per heavy atom. The predicted molar refractivity (Wildman–Crippen MR) is 83.3 cm³/mol. The van der Waals surface area contributed by atoms with Crippen molar-refractivity contribution in [2.75, 3.05) is 13.1 Å². The van der Waals surface area contributed by atoms with Crippen molar-refractivity contribution in [1.29, 1.82) is 0 Å². The van der Waals surface area contributed by atoms with Crippen molar-refractivity contribution in [3.63, 3.8) is 0 Å². The summed E-state index contributed by atoms with van der Waals surface area (Å²) in [5.74, 6) is 2.12. The van der Waals surface area contributed by atoms with Crippen LogP contribution in [0.2, 0.25) is 0 Å². The molecule has 0 radical (unpaired) electrons. The maximum absolute atomic E-state index is 12.6. The Kier molecular flexibility index (Phi) is 3.40. The molecule has 0 bridgehead atoms. The van der Waals surface area contributed by atoms with E-state index in [-0.39, 0.29) is 12.1 Å². The van der Waals surface area contributed by atoms with Crippen molar-refractivity contribution in [1.82, 2.24) is 15.2 Å². The van der Waals surface area contributed by atoms with Crippen LogP contribution < -0.4 is 5.32 Å². The normalized spacial score (nSPS) is 29.5. The van der Waals surface area contributed by atoms with Gasteiger partial charge in [0, 0.05) is 24.2 Å². The summed E-state index contributed by atoms with van der Waals surface area (Å²) in [5, 5.41) is 4.36. The quantitative estimate of drug-likeness (QED) is 0.931. The maximum Gasteiger partial charge on any atom is 0.317 e. The fourth-order valence-corrected chi connectivity index (χ4v) is 4.87. The number of aromatic nitrogens is 1. The molecular weight excluding hydrogens is 282 g/mol. The molecule has 1 saturated heterocycles. The van der Waals surface area contributed by atoms with Gasteiger partial charge in [-0.2, -0.15) is 0 Å².